The van der Waals surface area contributed by atoms with Crippen LogP contribution in [0.25, 0.3) is 0 Å². The summed E-state index contributed by atoms with van der Waals surface area (Å²) in [5.74, 6) is -0.494. The zero-order valence-corrected chi connectivity index (χ0v) is 11.8. The number of hydrogen-bond donors (Lipinski definition) is 2. The maximum Gasteiger partial charge on any atom is 0.339 e. The average Bonchev–Trinajstić information content (AvgIpc) is 2.27. The topological polar surface area (TPSA) is 81.4 Å². The minimum Gasteiger partial charge on any atom is -0.462 e. The third kappa shape index (κ3) is 4.93. The molecule has 0 fully saturated rings. The highest BCUT2D eigenvalue weighted by atomic mass is 79.9. The van der Waals surface area contributed by atoms with Gasteiger partial charge in [0, 0.05) is 11.0 Å². The van der Waals surface area contributed by atoms with Gasteiger partial charge < -0.3 is 15.8 Å². The molecule has 0 heterocycles. The monoisotopic (exact) mass is 334 g/mol. The Morgan fingerprint density at radius 1 is 1.44 bits per heavy atom. The number of benzene rings is 1. The molecule has 7 heteroatoms. The molecule has 0 aliphatic rings. The molecule has 1 aromatic carbocycles. The van der Waals surface area contributed by atoms with Crippen LogP contribution in [0.2, 0.25) is 5.02 Å². The summed E-state index contributed by atoms with van der Waals surface area (Å²) >= 11 is 9.15. The number of rotatable bonds is 5. The molecule has 0 unspecified atom stereocenters. The minimum atomic E-state index is -0.600. The van der Waals surface area contributed by atoms with Crippen LogP contribution in [0.4, 0.5) is 4.79 Å². The number of nitrogens with one attached hydrogen (secondary N) is 1. The maximum absolute atomic E-state index is 11.6. The van der Waals surface area contributed by atoms with Gasteiger partial charge in [-0.1, -0.05) is 27.5 Å². The first-order chi connectivity index (χ1) is 8.50. The molecule has 0 saturated heterocycles. The Hall–Kier alpha value is -1.27. The minimum absolute atomic E-state index is 0.186. The summed E-state index contributed by atoms with van der Waals surface area (Å²) in [5.41, 5.74) is 5.19. The molecule has 98 valence electrons. The summed E-state index contributed by atoms with van der Waals surface area (Å²) in [7, 11) is 0. The van der Waals surface area contributed by atoms with Crippen molar-refractivity contribution < 1.29 is 14.3 Å². The van der Waals surface area contributed by atoms with E-state index in [4.69, 9.17) is 22.1 Å². The lowest BCUT2D eigenvalue weighted by Crippen LogP contribution is -2.30. The molecule has 0 radical (unpaired) electrons. The van der Waals surface area contributed by atoms with E-state index >= 15 is 0 Å². The van der Waals surface area contributed by atoms with Crippen LogP contribution in [-0.2, 0) is 4.74 Å². The third-order valence-corrected chi connectivity index (χ3v) is 2.81. The largest absolute Gasteiger partial charge is 0.462 e. The number of carbonyl (C=O) groups is 2. The average molecular weight is 336 g/mol. The Labute approximate surface area is 118 Å². The van der Waals surface area contributed by atoms with Crippen LogP contribution in [0.5, 0.6) is 0 Å². The van der Waals surface area contributed by atoms with Crippen molar-refractivity contribution in [3.05, 3.63) is 33.3 Å². The van der Waals surface area contributed by atoms with E-state index < -0.39 is 12.0 Å². The second-order valence-electron chi connectivity index (χ2n) is 3.40. The van der Waals surface area contributed by atoms with E-state index in [9.17, 15) is 9.59 Å². The lowest BCUT2D eigenvalue weighted by atomic mass is 10.2. The number of hydrogen-bond acceptors (Lipinski definition) is 3. The fourth-order valence-electron chi connectivity index (χ4n) is 1.18. The summed E-state index contributed by atoms with van der Waals surface area (Å²) in [6.45, 7) is 0.544. The first-order valence-electron chi connectivity index (χ1n) is 5.16. The summed E-state index contributed by atoms with van der Waals surface area (Å²) in [4.78, 5) is 22.0. The first-order valence-corrected chi connectivity index (χ1v) is 6.33. The van der Waals surface area contributed by atoms with Crippen LogP contribution in [0.1, 0.15) is 16.8 Å². The number of halogens is 2. The molecular formula is C11H12BrClN2O3. The molecule has 18 heavy (non-hydrogen) atoms. The Morgan fingerprint density at radius 3 is 2.78 bits per heavy atom. The molecule has 0 atom stereocenters. The van der Waals surface area contributed by atoms with Gasteiger partial charge in [-0.15, -0.1) is 0 Å². The van der Waals surface area contributed by atoms with Gasteiger partial charge in [-0.2, -0.15) is 0 Å². The van der Waals surface area contributed by atoms with Gasteiger partial charge in [-0.25, -0.2) is 9.59 Å². The fourth-order valence-corrected chi connectivity index (χ4v) is 1.93. The summed E-state index contributed by atoms with van der Waals surface area (Å²) < 4.78 is 5.79. The van der Waals surface area contributed by atoms with Crippen molar-refractivity contribution in [2.75, 3.05) is 13.2 Å². The van der Waals surface area contributed by atoms with E-state index in [0.29, 0.717) is 23.6 Å². The molecule has 5 nitrogen and oxygen atoms in total. The molecule has 0 spiro atoms. The molecule has 0 aliphatic heterocycles. The summed E-state index contributed by atoms with van der Waals surface area (Å²) in [5, 5.41) is 2.72. The van der Waals surface area contributed by atoms with Crippen molar-refractivity contribution in [3.63, 3.8) is 0 Å². The van der Waals surface area contributed by atoms with Crippen molar-refractivity contribution in [2.24, 2.45) is 5.73 Å². The first kappa shape index (κ1) is 14.8. The second-order valence-corrected chi connectivity index (χ2v) is 4.73. The second kappa shape index (κ2) is 7.23. The summed E-state index contributed by atoms with van der Waals surface area (Å²) in [6.07, 6.45) is 0.489. The summed E-state index contributed by atoms with van der Waals surface area (Å²) in [6, 6.07) is 4.30. The van der Waals surface area contributed by atoms with Crippen molar-refractivity contribution in [1.82, 2.24) is 5.32 Å². The molecular weight excluding hydrogens is 323 g/mol. The van der Waals surface area contributed by atoms with Gasteiger partial charge in [0.1, 0.15) is 0 Å². The molecule has 2 amide bonds. The van der Waals surface area contributed by atoms with E-state index in [1.165, 1.54) is 0 Å². The number of amides is 2. The number of esters is 1. The Kier molecular flexibility index (Phi) is 5.94. The molecule has 0 aromatic heterocycles. The van der Waals surface area contributed by atoms with Crippen molar-refractivity contribution in [1.29, 1.82) is 0 Å². The standard InChI is InChI=1S/C11H12BrClN2O3/c12-7-2-3-8(9(13)6-7)10(16)18-5-1-4-15-11(14)17/h2-3,6H,1,4-5H2,(H3,14,15,17). The molecule has 1 rings (SSSR count). The number of primary amides is 1. The van der Waals surface area contributed by atoms with Gasteiger partial charge in [0.2, 0.25) is 0 Å². The Bertz CT molecular complexity index is 454. The number of urea groups is 1. The zero-order chi connectivity index (χ0) is 13.5. The van der Waals surface area contributed by atoms with Gasteiger partial charge in [-0.05, 0) is 24.6 Å². The lowest BCUT2D eigenvalue weighted by Gasteiger charge is -2.06. The van der Waals surface area contributed by atoms with Crippen LogP contribution in [0.15, 0.2) is 22.7 Å². The molecule has 0 saturated carbocycles. The SMILES string of the molecule is NC(=O)NCCCOC(=O)c1ccc(Br)cc1Cl. The Balaban J connectivity index is 2.39. The highest BCUT2D eigenvalue weighted by Crippen LogP contribution is 2.21. The van der Waals surface area contributed by atoms with Gasteiger partial charge in [-0.3, -0.25) is 0 Å². The van der Waals surface area contributed by atoms with Crippen molar-refractivity contribution in [3.8, 4) is 0 Å². The van der Waals surface area contributed by atoms with E-state index in [0.717, 1.165) is 4.47 Å². The Morgan fingerprint density at radius 2 is 2.17 bits per heavy atom. The zero-order valence-electron chi connectivity index (χ0n) is 9.41. The third-order valence-electron chi connectivity index (χ3n) is 2.00. The van der Waals surface area contributed by atoms with Gasteiger partial charge in [0.25, 0.3) is 0 Å². The van der Waals surface area contributed by atoms with Crippen LogP contribution < -0.4 is 11.1 Å². The maximum atomic E-state index is 11.6. The molecule has 3 N–H and O–H groups in total. The van der Waals surface area contributed by atoms with E-state index in [-0.39, 0.29) is 6.61 Å². The number of nitrogens with two attached hydrogens (primary N) is 1. The normalized spacial score (nSPS) is 9.89. The molecule has 0 aliphatic carbocycles. The fraction of sp³-hybridized carbons (Fsp3) is 0.273. The van der Waals surface area contributed by atoms with Gasteiger partial charge in [0.15, 0.2) is 0 Å². The molecule has 1 aromatic rings. The lowest BCUT2D eigenvalue weighted by molar-refractivity contribution is 0.0502. The highest BCUT2D eigenvalue weighted by molar-refractivity contribution is 9.10. The van der Waals surface area contributed by atoms with Gasteiger partial charge >= 0.3 is 12.0 Å². The predicted molar refractivity (Wildman–Crippen MR) is 71.6 cm³/mol. The van der Waals surface area contributed by atoms with Crippen LogP contribution in [-0.4, -0.2) is 25.2 Å². The van der Waals surface area contributed by atoms with Crippen LogP contribution >= 0.6 is 27.5 Å². The van der Waals surface area contributed by atoms with Crippen LogP contribution in [0.3, 0.4) is 0 Å². The number of carbonyl (C=O) groups excluding carboxylic acids is 2. The quantitative estimate of drug-likeness (QED) is 0.640. The number of ether oxygens (including phenoxy) is 1. The van der Waals surface area contributed by atoms with Gasteiger partial charge in [0.05, 0.1) is 17.2 Å². The van der Waals surface area contributed by atoms with Crippen molar-refractivity contribution in [2.45, 2.75) is 6.42 Å². The highest BCUT2D eigenvalue weighted by Gasteiger charge is 2.11. The van der Waals surface area contributed by atoms with E-state index in [1.807, 2.05) is 0 Å². The van der Waals surface area contributed by atoms with E-state index in [2.05, 4.69) is 21.2 Å². The van der Waals surface area contributed by atoms with Crippen molar-refractivity contribution >= 4 is 39.5 Å². The smallest absolute Gasteiger partial charge is 0.339 e. The molecule has 0 bridgehead atoms. The van der Waals surface area contributed by atoms with Crippen LogP contribution in [0, 0.1) is 0 Å². The van der Waals surface area contributed by atoms with E-state index in [1.54, 1.807) is 18.2 Å². The predicted octanol–water partition coefficient (Wildman–Crippen LogP) is 2.32.